The maximum Gasteiger partial charge on any atom is 0.123 e. The minimum Gasteiger partial charge on any atom is -0.367 e. The number of nitrogens with zero attached hydrogens (tertiary/aromatic N) is 2. The molecule has 3 nitrogen and oxygen atoms in total. The third kappa shape index (κ3) is 2.25. The van der Waals surface area contributed by atoms with Crippen molar-refractivity contribution in [1.29, 1.82) is 0 Å². The Morgan fingerprint density at radius 2 is 1.64 bits per heavy atom. The van der Waals surface area contributed by atoms with Gasteiger partial charge in [0.15, 0.2) is 0 Å². The van der Waals surface area contributed by atoms with Crippen molar-refractivity contribution in [3.8, 4) is 5.69 Å². The van der Waals surface area contributed by atoms with E-state index in [9.17, 15) is 4.39 Å². The number of rotatable bonds is 2. The Morgan fingerprint density at radius 1 is 0.909 bits per heavy atom. The molecule has 0 aliphatic carbocycles. The predicted octanol–water partition coefficient (Wildman–Crippen LogP) is 3.18. The van der Waals surface area contributed by atoms with Gasteiger partial charge in [0.1, 0.15) is 5.82 Å². The van der Waals surface area contributed by atoms with Crippen LogP contribution in [-0.4, -0.2) is 30.7 Å². The monoisotopic (exact) mass is 295 g/mol. The maximum atomic E-state index is 13.2. The molecule has 0 amide bonds. The van der Waals surface area contributed by atoms with Crippen LogP contribution in [0.3, 0.4) is 0 Å². The molecule has 2 aromatic carbocycles. The van der Waals surface area contributed by atoms with E-state index >= 15 is 0 Å². The number of fused-ring (bicyclic) bond motifs is 1. The van der Waals surface area contributed by atoms with E-state index in [2.05, 4.69) is 39.2 Å². The fourth-order valence-electron chi connectivity index (χ4n) is 3.13. The molecule has 4 rings (SSSR count). The SMILES string of the molecule is Fc1ccc(-n2cc(N3CCNCC3)c3ccccc32)cc1. The van der Waals surface area contributed by atoms with E-state index in [1.807, 2.05) is 18.2 Å². The topological polar surface area (TPSA) is 20.2 Å². The highest BCUT2D eigenvalue weighted by Gasteiger charge is 2.17. The molecule has 0 saturated carbocycles. The molecule has 1 aromatic heterocycles. The molecule has 0 radical (unpaired) electrons. The fraction of sp³-hybridized carbons (Fsp3) is 0.222. The Kier molecular flexibility index (Phi) is 3.31. The molecule has 0 bridgehead atoms. The first-order chi connectivity index (χ1) is 10.8. The second-order valence-electron chi connectivity index (χ2n) is 5.61. The molecule has 22 heavy (non-hydrogen) atoms. The molecule has 0 unspecified atom stereocenters. The number of benzene rings is 2. The average molecular weight is 295 g/mol. The Hall–Kier alpha value is -2.33. The maximum absolute atomic E-state index is 13.2. The van der Waals surface area contributed by atoms with Gasteiger partial charge in [-0.2, -0.15) is 0 Å². The fourth-order valence-corrected chi connectivity index (χ4v) is 3.13. The number of halogens is 1. The number of para-hydroxylation sites is 1. The smallest absolute Gasteiger partial charge is 0.123 e. The lowest BCUT2D eigenvalue weighted by Crippen LogP contribution is -2.43. The lowest BCUT2D eigenvalue weighted by atomic mass is 10.2. The van der Waals surface area contributed by atoms with Crippen LogP contribution >= 0.6 is 0 Å². The van der Waals surface area contributed by atoms with Crippen molar-refractivity contribution in [2.45, 2.75) is 0 Å². The molecule has 1 N–H and O–H groups in total. The first-order valence-corrected chi connectivity index (χ1v) is 7.64. The van der Waals surface area contributed by atoms with Crippen molar-refractivity contribution in [2.75, 3.05) is 31.1 Å². The molecule has 112 valence electrons. The standard InChI is InChI=1S/C18H18FN3/c19-14-5-7-15(8-6-14)22-13-18(21-11-9-20-10-12-21)16-3-1-2-4-17(16)22/h1-8,13,20H,9-12H2. The molecule has 1 aliphatic heterocycles. The van der Waals surface area contributed by atoms with E-state index in [1.165, 1.54) is 23.2 Å². The lowest BCUT2D eigenvalue weighted by molar-refractivity contribution is 0.590. The molecule has 1 fully saturated rings. The van der Waals surface area contributed by atoms with Crippen LogP contribution in [0.25, 0.3) is 16.6 Å². The zero-order valence-electron chi connectivity index (χ0n) is 12.3. The summed E-state index contributed by atoms with van der Waals surface area (Å²) in [5, 5.41) is 4.63. The van der Waals surface area contributed by atoms with Crippen LogP contribution in [0.15, 0.2) is 54.7 Å². The number of nitrogens with one attached hydrogen (secondary N) is 1. The van der Waals surface area contributed by atoms with Crippen LogP contribution in [0.1, 0.15) is 0 Å². The zero-order chi connectivity index (χ0) is 14.9. The summed E-state index contributed by atoms with van der Waals surface area (Å²) in [5.41, 5.74) is 3.39. The van der Waals surface area contributed by atoms with Crippen LogP contribution in [0.5, 0.6) is 0 Å². The highest BCUT2D eigenvalue weighted by atomic mass is 19.1. The third-order valence-electron chi connectivity index (χ3n) is 4.25. The molecular weight excluding hydrogens is 277 g/mol. The molecular formula is C18H18FN3. The third-order valence-corrected chi connectivity index (χ3v) is 4.25. The number of hydrogen-bond donors (Lipinski definition) is 1. The van der Waals surface area contributed by atoms with Gasteiger partial charge >= 0.3 is 0 Å². The van der Waals surface area contributed by atoms with E-state index in [-0.39, 0.29) is 5.82 Å². The van der Waals surface area contributed by atoms with Gasteiger partial charge in [-0.1, -0.05) is 18.2 Å². The highest BCUT2D eigenvalue weighted by Crippen LogP contribution is 2.31. The van der Waals surface area contributed by atoms with Gasteiger partial charge in [0, 0.05) is 43.4 Å². The summed E-state index contributed by atoms with van der Waals surface area (Å²) in [5.74, 6) is -0.206. The minimum absolute atomic E-state index is 0.206. The van der Waals surface area contributed by atoms with Gasteiger partial charge in [0.2, 0.25) is 0 Å². The van der Waals surface area contributed by atoms with Crippen molar-refractivity contribution < 1.29 is 4.39 Å². The van der Waals surface area contributed by atoms with Crippen LogP contribution in [0, 0.1) is 5.82 Å². The molecule has 4 heteroatoms. The van der Waals surface area contributed by atoms with Gasteiger partial charge < -0.3 is 14.8 Å². The first-order valence-electron chi connectivity index (χ1n) is 7.64. The Morgan fingerprint density at radius 3 is 2.41 bits per heavy atom. The Bertz CT molecular complexity index is 786. The van der Waals surface area contributed by atoms with Crippen LogP contribution in [0.2, 0.25) is 0 Å². The number of piperazine rings is 1. The summed E-state index contributed by atoms with van der Waals surface area (Å²) in [6.07, 6.45) is 2.17. The molecule has 1 saturated heterocycles. The average Bonchev–Trinajstić information content (AvgIpc) is 2.96. The van der Waals surface area contributed by atoms with E-state index < -0.39 is 0 Å². The zero-order valence-corrected chi connectivity index (χ0v) is 12.3. The largest absolute Gasteiger partial charge is 0.367 e. The highest BCUT2D eigenvalue weighted by molar-refractivity contribution is 5.94. The lowest BCUT2D eigenvalue weighted by Gasteiger charge is -2.28. The number of aromatic nitrogens is 1. The minimum atomic E-state index is -0.206. The van der Waals surface area contributed by atoms with E-state index in [0.717, 1.165) is 37.4 Å². The predicted molar refractivity (Wildman–Crippen MR) is 88.3 cm³/mol. The van der Waals surface area contributed by atoms with E-state index in [0.29, 0.717) is 0 Å². The second-order valence-corrected chi connectivity index (χ2v) is 5.61. The van der Waals surface area contributed by atoms with Gasteiger partial charge in [-0.05, 0) is 30.3 Å². The normalized spacial score (nSPS) is 15.4. The van der Waals surface area contributed by atoms with E-state index in [1.54, 1.807) is 0 Å². The second kappa shape index (κ2) is 5.46. The Labute approximate surface area is 129 Å². The summed E-state index contributed by atoms with van der Waals surface area (Å²) in [6.45, 7) is 4.04. The Balaban J connectivity index is 1.86. The molecule has 0 spiro atoms. The van der Waals surface area contributed by atoms with Gasteiger partial charge in [0.05, 0.1) is 11.2 Å². The van der Waals surface area contributed by atoms with Crippen molar-refractivity contribution >= 4 is 16.6 Å². The summed E-state index contributed by atoms with van der Waals surface area (Å²) >= 11 is 0. The van der Waals surface area contributed by atoms with Gasteiger partial charge in [-0.3, -0.25) is 0 Å². The number of hydrogen-bond acceptors (Lipinski definition) is 2. The quantitative estimate of drug-likeness (QED) is 0.783. The summed E-state index contributed by atoms with van der Waals surface area (Å²) in [4.78, 5) is 2.42. The van der Waals surface area contributed by atoms with Crippen molar-refractivity contribution in [2.24, 2.45) is 0 Å². The van der Waals surface area contributed by atoms with E-state index in [4.69, 9.17) is 0 Å². The van der Waals surface area contributed by atoms with Crippen molar-refractivity contribution in [1.82, 2.24) is 9.88 Å². The molecule has 0 atom stereocenters. The molecule has 2 heterocycles. The van der Waals surface area contributed by atoms with Crippen LogP contribution in [0.4, 0.5) is 10.1 Å². The van der Waals surface area contributed by atoms with Crippen LogP contribution < -0.4 is 10.2 Å². The summed E-state index contributed by atoms with van der Waals surface area (Å²) < 4.78 is 15.3. The summed E-state index contributed by atoms with van der Waals surface area (Å²) in [6, 6.07) is 15.1. The van der Waals surface area contributed by atoms with Gasteiger partial charge in [0.25, 0.3) is 0 Å². The first kappa shape index (κ1) is 13.3. The van der Waals surface area contributed by atoms with Crippen molar-refractivity contribution in [3.05, 3.63) is 60.5 Å². The van der Waals surface area contributed by atoms with Gasteiger partial charge in [-0.25, -0.2) is 4.39 Å². The van der Waals surface area contributed by atoms with Crippen LogP contribution in [-0.2, 0) is 0 Å². The molecule has 3 aromatic rings. The summed E-state index contributed by atoms with van der Waals surface area (Å²) in [7, 11) is 0. The number of anilines is 1. The van der Waals surface area contributed by atoms with Gasteiger partial charge in [-0.15, -0.1) is 0 Å². The molecule has 1 aliphatic rings. The van der Waals surface area contributed by atoms with Crippen molar-refractivity contribution in [3.63, 3.8) is 0 Å².